The SMILES string of the molecule is O=Cc1ccc2cc(CBr)sc2c1S. The molecule has 1 aromatic carbocycles. The standard InChI is InChI=1S/C10H7BrOS2/c11-4-8-3-6-1-2-7(5-12)9(13)10(6)14-8/h1-3,5,13H,4H2. The molecule has 0 spiro atoms. The molecule has 0 aliphatic heterocycles. The fourth-order valence-electron chi connectivity index (χ4n) is 1.32. The van der Waals surface area contributed by atoms with Gasteiger partial charge in [0.2, 0.25) is 0 Å². The number of thiophene rings is 1. The van der Waals surface area contributed by atoms with Crippen LogP contribution in [0, 0.1) is 0 Å². The summed E-state index contributed by atoms with van der Waals surface area (Å²) in [6.07, 6.45) is 0.843. The molecule has 0 radical (unpaired) electrons. The fourth-order valence-corrected chi connectivity index (χ4v) is 3.18. The second-order valence-electron chi connectivity index (χ2n) is 2.89. The lowest BCUT2D eigenvalue weighted by atomic mass is 10.2. The summed E-state index contributed by atoms with van der Waals surface area (Å²) in [7, 11) is 0. The van der Waals surface area contributed by atoms with Crippen molar-refractivity contribution in [2.24, 2.45) is 0 Å². The molecular formula is C10H7BrOS2. The minimum absolute atomic E-state index is 0.656. The van der Waals surface area contributed by atoms with E-state index in [9.17, 15) is 4.79 Å². The average Bonchev–Trinajstić information content (AvgIpc) is 2.62. The summed E-state index contributed by atoms with van der Waals surface area (Å²) < 4.78 is 1.09. The summed E-state index contributed by atoms with van der Waals surface area (Å²) in [5, 5.41) is 2.00. The largest absolute Gasteiger partial charge is 0.298 e. The Morgan fingerprint density at radius 3 is 2.93 bits per heavy atom. The third-order valence-electron chi connectivity index (χ3n) is 2.00. The summed E-state index contributed by atoms with van der Waals surface area (Å²) in [5.41, 5.74) is 0.656. The maximum Gasteiger partial charge on any atom is 0.151 e. The molecule has 4 heteroatoms. The normalized spacial score (nSPS) is 10.7. The quantitative estimate of drug-likeness (QED) is 0.503. The Bertz CT molecular complexity index is 490. The first-order chi connectivity index (χ1) is 6.76. The van der Waals surface area contributed by atoms with Crippen LogP contribution in [0.4, 0.5) is 0 Å². The highest BCUT2D eigenvalue weighted by Crippen LogP contribution is 2.33. The van der Waals surface area contributed by atoms with Crippen molar-refractivity contribution >= 4 is 56.3 Å². The van der Waals surface area contributed by atoms with E-state index in [-0.39, 0.29) is 0 Å². The summed E-state index contributed by atoms with van der Waals surface area (Å²) in [6.45, 7) is 0. The molecule has 0 amide bonds. The highest BCUT2D eigenvalue weighted by Gasteiger charge is 2.07. The molecule has 0 aliphatic carbocycles. The fraction of sp³-hybridized carbons (Fsp3) is 0.100. The highest BCUT2D eigenvalue weighted by molar-refractivity contribution is 9.08. The van der Waals surface area contributed by atoms with E-state index in [1.54, 1.807) is 11.3 Å². The Morgan fingerprint density at radius 1 is 1.50 bits per heavy atom. The number of benzene rings is 1. The number of halogens is 1. The molecular weight excluding hydrogens is 280 g/mol. The lowest BCUT2D eigenvalue weighted by Gasteiger charge is -1.97. The van der Waals surface area contributed by atoms with E-state index < -0.39 is 0 Å². The van der Waals surface area contributed by atoms with Gasteiger partial charge in [-0.3, -0.25) is 4.79 Å². The second-order valence-corrected chi connectivity index (χ2v) is 5.03. The van der Waals surface area contributed by atoms with Gasteiger partial charge >= 0.3 is 0 Å². The minimum Gasteiger partial charge on any atom is -0.298 e. The molecule has 0 saturated carbocycles. The van der Waals surface area contributed by atoms with Crippen molar-refractivity contribution in [2.75, 3.05) is 0 Å². The van der Waals surface area contributed by atoms with Crippen molar-refractivity contribution < 1.29 is 4.79 Å². The Balaban J connectivity index is 2.74. The van der Waals surface area contributed by atoms with Crippen LogP contribution in [0.15, 0.2) is 23.1 Å². The number of aldehydes is 1. The molecule has 0 aliphatic rings. The van der Waals surface area contributed by atoms with Gasteiger partial charge in [0.15, 0.2) is 6.29 Å². The smallest absolute Gasteiger partial charge is 0.151 e. The van der Waals surface area contributed by atoms with Crippen molar-refractivity contribution in [3.8, 4) is 0 Å². The van der Waals surface area contributed by atoms with E-state index in [1.807, 2.05) is 12.1 Å². The maximum atomic E-state index is 10.7. The van der Waals surface area contributed by atoms with Crippen molar-refractivity contribution in [3.63, 3.8) is 0 Å². The predicted octanol–water partition coefficient (Wildman–Crippen LogP) is 3.90. The van der Waals surface area contributed by atoms with Crippen LogP contribution in [0.25, 0.3) is 10.1 Å². The van der Waals surface area contributed by atoms with Crippen LogP contribution in [0.5, 0.6) is 0 Å². The lowest BCUT2D eigenvalue weighted by Crippen LogP contribution is -1.80. The van der Waals surface area contributed by atoms with E-state index in [1.165, 1.54) is 4.88 Å². The van der Waals surface area contributed by atoms with E-state index in [4.69, 9.17) is 0 Å². The van der Waals surface area contributed by atoms with E-state index in [2.05, 4.69) is 34.6 Å². The molecule has 2 aromatic rings. The number of fused-ring (bicyclic) bond motifs is 1. The molecule has 0 unspecified atom stereocenters. The van der Waals surface area contributed by atoms with Gasteiger partial charge in [-0.05, 0) is 17.5 Å². The van der Waals surface area contributed by atoms with Crippen LogP contribution in [0.3, 0.4) is 0 Å². The van der Waals surface area contributed by atoms with Gasteiger partial charge in [-0.15, -0.1) is 24.0 Å². The summed E-state index contributed by atoms with van der Waals surface area (Å²) in [6, 6.07) is 5.88. The molecule has 2 rings (SSSR count). The zero-order valence-electron chi connectivity index (χ0n) is 7.16. The minimum atomic E-state index is 0.656. The Labute approximate surface area is 99.7 Å². The molecule has 72 valence electrons. The topological polar surface area (TPSA) is 17.1 Å². The number of thiol groups is 1. The number of hydrogen-bond donors (Lipinski definition) is 1. The Kier molecular flexibility index (Phi) is 2.95. The Hall–Kier alpha value is -0.320. The zero-order chi connectivity index (χ0) is 10.1. The van der Waals surface area contributed by atoms with E-state index >= 15 is 0 Å². The first-order valence-electron chi connectivity index (χ1n) is 4.02. The van der Waals surface area contributed by atoms with Crippen molar-refractivity contribution in [3.05, 3.63) is 28.6 Å². The van der Waals surface area contributed by atoms with Gasteiger partial charge in [0.05, 0.1) is 0 Å². The number of hydrogen-bond acceptors (Lipinski definition) is 3. The molecule has 0 saturated heterocycles. The van der Waals surface area contributed by atoms with Crippen LogP contribution < -0.4 is 0 Å². The van der Waals surface area contributed by atoms with Crippen molar-refractivity contribution in [1.29, 1.82) is 0 Å². The first kappa shape index (κ1) is 10.2. The zero-order valence-corrected chi connectivity index (χ0v) is 10.5. The van der Waals surface area contributed by atoms with Gasteiger partial charge in [0.25, 0.3) is 0 Å². The number of carbonyl (C=O) groups is 1. The second kappa shape index (κ2) is 4.04. The maximum absolute atomic E-state index is 10.7. The molecule has 0 atom stereocenters. The van der Waals surface area contributed by atoms with Gasteiger partial charge in [-0.2, -0.15) is 0 Å². The van der Waals surface area contributed by atoms with Crippen molar-refractivity contribution in [1.82, 2.24) is 0 Å². The molecule has 0 bridgehead atoms. The van der Waals surface area contributed by atoms with Gasteiger partial charge < -0.3 is 0 Å². The van der Waals surface area contributed by atoms with Crippen LogP contribution in [-0.4, -0.2) is 6.29 Å². The third-order valence-corrected chi connectivity index (χ3v) is 4.78. The van der Waals surface area contributed by atoms with Crippen molar-refractivity contribution in [2.45, 2.75) is 10.2 Å². The van der Waals surface area contributed by atoms with Gasteiger partial charge in [0, 0.05) is 25.4 Å². The highest BCUT2D eigenvalue weighted by atomic mass is 79.9. The first-order valence-corrected chi connectivity index (χ1v) is 6.40. The monoisotopic (exact) mass is 286 g/mol. The van der Waals surface area contributed by atoms with Gasteiger partial charge in [-0.1, -0.05) is 22.0 Å². The predicted molar refractivity (Wildman–Crippen MR) is 67.1 cm³/mol. The molecule has 1 aromatic heterocycles. The van der Waals surface area contributed by atoms with Gasteiger partial charge in [-0.25, -0.2) is 0 Å². The molecule has 1 nitrogen and oxygen atoms in total. The molecule has 0 N–H and O–H groups in total. The molecule has 1 heterocycles. The van der Waals surface area contributed by atoms with Gasteiger partial charge in [0.1, 0.15) is 0 Å². The number of carbonyl (C=O) groups excluding carboxylic acids is 1. The van der Waals surface area contributed by atoms with Crippen LogP contribution in [0.2, 0.25) is 0 Å². The third kappa shape index (κ3) is 1.62. The summed E-state index contributed by atoms with van der Waals surface area (Å²) in [5.74, 6) is 0. The Morgan fingerprint density at radius 2 is 2.29 bits per heavy atom. The van der Waals surface area contributed by atoms with E-state index in [0.717, 1.165) is 26.6 Å². The van der Waals surface area contributed by atoms with Crippen LogP contribution in [0.1, 0.15) is 15.2 Å². The summed E-state index contributed by atoms with van der Waals surface area (Å²) >= 11 is 9.44. The van der Waals surface area contributed by atoms with E-state index in [0.29, 0.717) is 5.56 Å². The number of rotatable bonds is 2. The average molecular weight is 287 g/mol. The molecule has 14 heavy (non-hydrogen) atoms. The lowest BCUT2D eigenvalue weighted by molar-refractivity contribution is 0.112. The molecule has 0 fully saturated rings. The van der Waals surface area contributed by atoms with Crippen LogP contribution >= 0.6 is 39.9 Å². The van der Waals surface area contributed by atoms with Crippen LogP contribution in [-0.2, 0) is 5.33 Å². The summed E-state index contributed by atoms with van der Waals surface area (Å²) in [4.78, 5) is 12.7. The number of alkyl halides is 1.